The van der Waals surface area contributed by atoms with Crippen molar-refractivity contribution in [3.8, 4) is 23.2 Å². The molecular formula is C38H46IN6O5S-. The zero-order valence-corrected chi connectivity index (χ0v) is 33.0. The van der Waals surface area contributed by atoms with Gasteiger partial charge in [-0.2, -0.15) is 5.26 Å². The molecular weight excluding hydrogens is 779 g/mol. The predicted molar refractivity (Wildman–Crippen MR) is 194 cm³/mol. The maximum atomic E-state index is 13.7. The first-order valence-corrected chi connectivity index (χ1v) is 21.6. The number of fused-ring (bicyclic) bond motifs is 1. The fourth-order valence-electron chi connectivity index (χ4n) is 6.34. The topological polar surface area (TPSA) is 150 Å². The molecule has 3 aromatic heterocycles. The Morgan fingerprint density at radius 1 is 1.16 bits per heavy atom. The number of ketones is 1. The van der Waals surface area contributed by atoms with Crippen LogP contribution < -0.4 is 31.3 Å². The maximum Gasteiger partial charge on any atom is 0.295 e. The normalized spacial score (nSPS) is 14.7. The summed E-state index contributed by atoms with van der Waals surface area (Å²) >= 11 is 1.43. The molecule has 4 aromatic rings. The van der Waals surface area contributed by atoms with Crippen LogP contribution in [0.4, 0.5) is 0 Å². The fraction of sp³-hybridized carbons (Fsp3) is 0.474. The van der Waals surface area contributed by atoms with Crippen LogP contribution in [0.1, 0.15) is 85.0 Å². The maximum absolute atomic E-state index is 13.7. The van der Waals surface area contributed by atoms with Gasteiger partial charge in [-0.05, 0) is 24.3 Å². The quantitative estimate of drug-likeness (QED) is 0.0804. The van der Waals surface area contributed by atoms with Crippen LogP contribution in [-0.2, 0) is 9.53 Å². The largest absolute Gasteiger partial charge is 0.358 e. The number of halogens is 1. The molecule has 11 nitrogen and oxygen atoms in total. The van der Waals surface area contributed by atoms with Crippen LogP contribution in [0.3, 0.4) is 0 Å². The molecule has 1 aliphatic rings. The number of rotatable bonds is 15. The molecule has 0 aliphatic carbocycles. The Bertz CT molecular complexity index is 1890. The zero-order valence-electron chi connectivity index (χ0n) is 30.0. The van der Waals surface area contributed by atoms with E-state index in [0.29, 0.717) is 67.0 Å². The van der Waals surface area contributed by atoms with E-state index in [1.165, 1.54) is 35.3 Å². The van der Waals surface area contributed by atoms with E-state index in [0.717, 1.165) is 12.0 Å². The molecule has 4 heterocycles. The van der Waals surface area contributed by atoms with E-state index in [1.54, 1.807) is 10.3 Å². The van der Waals surface area contributed by atoms with Gasteiger partial charge in [-0.1, -0.05) is 30.3 Å². The molecule has 1 aromatic carbocycles. The first kappa shape index (κ1) is 38.4. The number of nitrogens with zero attached hydrogens (tertiary/aromatic N) is 4. The van der Waals surface area contributed by atoms with Crippen LogP contribution in [0.5, 0.6) is 5.75 Å². The van der Waals surface area contributed by atoms with E-state index in [-0.39, 0.29) is 55.1 Å². The van der Waals surface area contributed by atoms with Crippen LogP contribution >= 0.6 is 11.3 Å². The number of nitrogens with one attached hydrogen (secondary N) is 2. The number of pyridine rings is 1. The van der Waals surface area contributed by atoms with Crippen LogP contribution in [0.25, 0.3) is 22.3 Å². The first-order valence-electron chi connectivity index (χ1n) is 17.1. The number of H-pyrrole nitrogens is 1. The summed E-state index contributed by atoms with van der Waals surface area (Å²) in [5.41, 5.74) is 1.81. The number of alkyl halides is 2. The van der Waals surface area contributed by atoms with Crippen molar-refractivity contribution in [3.05, 3.63) is 64.2 Å². The number of carbonyl (C=O) groups is 3. The van der Waals surface area contributed by atoms with Gasteiger partial charge in [0.15, 0.2) is 0 Å². The monoisotopic (exact) mass is 825 g/mol. The number of hydrogen-bond donors (Lipinski definition) is 2. The average molecular weight is 826 g/mol. The third kappa shape index (κ3) is 9.14. The molecule has 2 amide bonds. The number of Topliss-reactive ketones (excluding diaryl/α,β-unsaturated/α-hetero) is 1. The van der Waals surface area contributed by atoms with Gasteiger partial charge in [0.1, 0.15) is 11.4 Å². The minimum absolute atomic E-state index is 0.0946. The van der Waals surface area contributed by atoms with E-state index in [2.05, 4.69) is 45.1 Å². The second-order valence-electron chi connectivity index (χ2n) is 14.0. The first-order chi connectivity index (χ1) is 24.4. The van der Waals surface area contributed by atoms with Crippen molar-refractivity contribution in [2.75, 3.05) is 36.2 Å². The molecule has 1 fully saturated rings. The number of aromatic nitrogens is 3. The Kier molecular flexibility index (Phi) is 12.5. The van der Waals surface area contributed by atoms with Gasteiger partial charge in [-0.25, -0.2) is 4.98 Å². The third-order valence-corrected chi connectivity index (χ3v) is 11.9. The van der Waals surface area contributed by atoms with E-state index < -0.39 is 17.2 Å². The van der Waals surface area contributed by atoms with Crippen molar-refractivity contribution >= 4 is 39.8 Å². The van der Waals surface area contributed by atoms with Crippen molar-refractivity contribution in [2.24, 2.45) is 5.92 Å². The van der Waals surface area contributed by atoms with Crippen molar-refractivity contribution in [2.45, 2.75) is 70.4 Å². The fourth-order valence-corrected chi connectivity index (χ4v) is 8.88. The van der Waals surface area contributed by atoms with Crippen molar-refractivity contribution in [3.63, 3.8) is 0 Å². The minimum Gasteiger partial charge on any atom is -0.358 e. The second kappa shape index (κ2) is 16.6. The minimum atomic E-state index is -0.658. The van der Waals surface area contributed by atoms with Crippen molar-refractivity contribution in [1.82, 2.24) is 25.2 Å². The summed E-state index contributed by atoms with van der Waals surface area (Å²) in [6.07, 6.45) is 5.93. The number of carbonyl (C=O) groups excluding carboxylic acids is 3. The molecule has 0 radical (unpaired) electrons. The summed E-state index contributed by atoms with van der Waals surface area (Å²) in [7, 11) is 1.48. The second-order valence-corrected chi connectivity index (χ2v) is 17.5. The number of benzene rings is 1. The molecule has 2 N–H and O–H groups in total. The number of ether oxygens (including phenoxy) is 2. The summed E-state index contributed by atoms with van der Waals surface area (Å²) in [5, 5.41) is 15.4. The summed E-state index contributed by atoms with van der Waals surface area (Å²) in [5.74, 6) is -1.39. The molecule has 0 saturated carbocycles. The van der Waals surface area contributed by atoms with E-state index in [9.17, 15) is 19.6 Å². The van der Waals surface area contributed by atoms with Crippen molar-refractivity contribution < 1.29 is 45.1 Å². The van der Waals surface area contributed by atoms with Gasteiger partial charge >= 0.3 is 142 Å². The molecule has 51 heavy (non-hydrogen) atoms. The summed E-state index contributed by atoms with van der Waals surface area (Å²) in [6.45, 7) is 9.47. The molecule has 1 aliphatic heterocycles. The van der Waals surface area contributed by atoms with Crippen LogP contribution in [0.2, 0.25) is 0 Å². The Morgan fingerprint density at radius 2 is 1.88 bits per heavy atom. The van der Waals surface area contributed by atoms with Gasteiger partial charge in [0.2, 0.25) is 0 Å². The number of thiazole rings is 1. The van der Waals surface area contributed by atoms with E-state index >= 15 is 0 Å². The molecule has 13 heteroatoms. The van der Waals surface area contributed by atoms with Gasteiger partial charge in [0.05, 0.1) is 41.8 Å². The summed E-state index contributed by atoms with van der Waals surface area (Å²) in [6, 6.07) is 12.1. The van der Waals surface area contributed by atoms with Crippen LogP contribution in [0, 0.1) is 17.2 Å². The third-order valence-electron chi connectivity index (χ3n) is 9.43. The Labute approximate surface area is 313 Å². The number of piperidine rings is 1. The Morgan fingerprint density at radius 3 is 2.55 bits per heavy atom. The Balaban J connectivity index is 1.27. The molecule has 1 unspecified atom stereocenters. The predicted octanol–water partition coefficient (Wildman–Crippen LogP) is 3.23. The Hall–Kier alpha value is -3.87. The molecule has 0 bridgehead atoms. The molecule has 0 spiro atoms. The number of amides is 2. The van der Waals surface area contributed by atoms with Gasteiger partial charge < -0.3 is 14.6 Å². The average Bonchev–Trinajstić information content (AvgIpc) is 3.80. The number of aromatic amines is 1. The van der Waals surface area contributed by atoms with Crippen LogP contribution in [-0.4, -0.2) is 84.8 Å². The molecule has 1 atom stereocenters. The molecule has 5 rings (SSSR count). The van der Waals surface area contributed by atoms with Gasteiger partial charge in [0, 0.05) is 19.3 Å². The smallest absolute Gasteiger partial charge is 0.295 e. The number of methoxy groups -OCH3 is 1. The standard InChI is InChI=1S/C38H46IN6O5S/c1-37(2,15-19-50-38(3,4)14-16-39-5)44-34(47)35-43-28(23-51-35)31-32-30(29(49-6)22-42-31)27(21-41-32)33(46)36(48)45-17-12-25(13-18-45)26(20-40)24-10-8-7-9-11-24/h7-11,21-23,25-26,41H,12-19H2,1-6H3,(H,44,47)/q-1. The molecule has 272 valence electrons. The van der Waals surface area contributed by atoms with Gasteiger partial charge in [-0.3, -0.25) is 9.59 Å². The number of likely N-dealkylation sites (tertiary alicyclic amines) is 1. The van der Waals surface area contributed by atoms with Crippen molar-refractivity contribution in [1.29, 1.82) is 5.26 Å². The van der Waals surface area contributed by atoms with Gasteiger partial charge in [0.25, 0.3) is 11.7 Å². The van der Waals surface area contributed by atoms with Gasteiger partial charge in [-0.15, -0.1) is 0 Å². The summed E-state index contributed by atoms with van der Waals surface area (Å²) < 4.78 is 12.9. The number of hydrogen-bond acceptors (Lipinski definition) is 9. The SMILES string of the molecule is COc1cnc(-c2csc(C(=O)NC(C)(C)CCOC(C)(C)CC[I-]C)n2)c2[nH]cc(C(=O)C(=O)N3CCC(C(C#N)c4ccccc4)CC3)c12. The zero-order chi connectivity index (χ0) is 36.8. The molecule has 1 saturated heterocycles. The van der Waals surface area contributed by atoms with E-state index in [1.807, 2.05) is 44.2 Å². The number of nitriles is 1. The summed E-state index contributed by atoms with van der Waals surface area (Å²) in [4.78, 5) is 56.7. The van der Waals surface area contributed by atoms with E-state index in [4.69, 9.17) is 9.47 Å². The van der Waals surface area contributed by atoms with Crippen LogP contribution in [0.15, 0.2) is 48.1 Å².